The van der Waals surface area contributed by atoms with Crippen molar-refractivity contribution in [2.24, 2.45) is 0 Å². The zero-order valence-corrected chi connectivity index (χ0v) is 13.9. The first kappa shape index (κ1) is 16.3. The molecule has 116 valence electrons. The monoisotopic (exact) mass is 319 g/mol. The van der Waals surface area contributed by atoms with E-state index in [9.17, 15) is 0 Å². The number of hydrogen-bond donors (Lipinski definition) is 0. The molecule has 2 aromatic rings. The van der Waals surface area contributed by atoms with Gasteiger partial charge in [0, 0.05) is 11.8 Å². The molecule has 0 amide bonds. The highest BCUT2D eigenvalue weighted by Gasteiger charge is 2.18. The van der Waals surface area contributed by atoms with Gasteiger partial charge in [-0.2, -0.15) is 0 Å². The second kappa shape index (κ2) is 7.24. The SMILES string of the molecule is CCCC#Cc1c(OC)nc2c(Cl)c(OC)ccc2c1OC. The maximum Gasteiger partial charge on any atom is 0.233 e. The van der Waals surface area contributed by atoms with Crippen LogP contribution in [0.2, 0.25) is 5.02 Å². The van der Waals surface area contributed by atoms with E-state index in [-0.39, 0.29) is 0 Å². The largest absolute Gasteiger partial charge is 0.495 e. The summed E-state index contributed by atoms with van der Waals surface area (Å²) < 4.78 is 16.1. The van der Waals surface area contributed by atoms with Crippen LogP contribution < -0.4 is 14.2 Å². The molecule has 0 unspecified atom stereocenters. The predicted molar refractivity (Wildman–Crippen MR) is 88.2 cm³/mol. The average Bonchev–Trinajstić information content (AvgIpc) is 2.54. The Balaban J connectivity index is 2.79. The van der Waals surface area contributed by atoms with E-state index in [1.165, 1.54) is 0 Å². The lowest BCUT2D eigenvalue weighted by Crippen LogP contribution is -1.99. The fourth-order valence-corrected chi connectivity index (χ4v) is 2.42. The molecule has 2 rings (SSSR count). The highest BCUT2D eigenvalue weighted by molar-refractivity contribution is 6.36. The van der Waals surface area contributed by atoms with E-state index in [0.29, 0.717) is 33.5 Å². The minimum Gasteiger partial charge on any atom is -0.495 e. The lowest BCUT2D eigenvalue weighted by atomic mass is 10.1. The number of unbranched alkanes of at least 4 members (excludes halogenated alkanes) is 1. The Morgan fingerprint density at radius 3 is 2.50 bits per heavy atom. The summed E-state index contributed by atoms with van der Waals surface area (Å²) in [6.07, 6.45) is 1.79. The van der Waals surface area contributed by atoms with Gasteiger partial charge in [-0.1, -0.05) is 30.4 Å². The minimum absolute atomic E-state index is 0.392. The summed E-state index contributed by atoms with van der Waals surface area (Å²) in [6.45, 7) is 2.08. The van der Waals surface area contributed by atoms with E-state index >= 15 is 0 Å². The van der Waals surface area contributed by atoms with E-state index < -0.39 is 0 Å². The van der Waals surface area contributed by atoms with Gasteiger partial charge in [0.1, 0.15) is 27.6 Å². The summed E-state index contributed by atoms with van der Waals surface area (Å²) in [5, 5.41) is 1.19. The van der Waals surface area contributed by atoms with Crippen molar-refractivity contribution in [3.8, 4) is 29.2 Å². The van der Waals surface area contributed by atoms with Crippen molar-refractivity contribution in [1.29, 1.82) is 0 Å². The van der Waals surface area contributed by atoms with Gasteiger partial charge in [-0.15, -0.1) is 0 Å². The predicted octanol–water partition coefficient (Wildman–Crippen LogP) is 4.07. The Bertz CT molecular complexity index is 747. The first-order valence-corrected chi connectivity index (χ1v) is 7.32. The van der Waals surface area contributed by atoms with Gasteiger partial charge in [-0.3, -0.25) is 0 Å². The number of aromatic nitrogens is 1. The Hall–Kier alpha value is -2.12. The van der Waals surface area contributed by atoms with Crippen LogP contribution in [-0.4, -0.2) is 26.3 Å². The van der Waals surface area contributed by atoms with Gasteiger partial charge in [0.05, 0.1) is 21.3 Å². The molecular weight excluding hydrogens is 302 g/mol. The molecule has 1 aromatic carbocycles. The van der Waals surface area contributed by atoms with E-state index in [0.717, 1.165) is 18.2 Å². The fourth-order valence-electron chi connectivity index (χ4n) is 2.13. The fraction of sp³-hybridized carbons (Fsp3) is 0.353. The molecule has 0 aliphatic heterocycles. The van der Waals surface area contributed by atoms with Gasteiger partial charge in [0.2, 0.25) is 5.88 Å². The van der Waals surface area contributed by atoms with Crippen molar-refractivity contribution in [2.75, 3.05) is 21.3 Å². The van der Waals surface area contributed by atoms with Gasteiger partial charge in [-0.25, -0.2) is 4.98 Å². The van der Waals surface area contributed by atoms with E-state index in [2.05, 4.69) is 23.7 Å². The average molecular weight is 320 g/mol. The van der Waals surface area contributed by atoms with Crippen molar-refractivity contribution in [3.63, 3.8) is 0 Å². The van der Waals surface area contributed by atoms with Crippen molar-refractivity contribution >= 4 is 22.5 Å². The van der Waals surface area contributed by atoms with Crippen molar-refractivity contribution in [1.82, 2.24) is 4.98 Å². The summed E-state index contributed by atoms with van der Waals surface area (Å²) >= 11 is 6.34. The Labute approximate surface area is 135 Å². The quantitative estimate of drug-likeness (QED) is 0.797. The van der Waals surface area contributed by atoms with Crippen LogP contribution in [0, 0.1) is 11.8 Å². The van der Waals surface area contributed by atoms with Crippen LogP contribution in [0.5, 0.6) is 17.4 Å². The van der Waals surface area contributed by atoms with Crippen molar-refractivity contribution < 1.29 is 14.2 Å². The number of ether oxygens (including phenoxy) is 3. The van der Waals surface area contributed by atoms with Gasteiger partial charge >= 0.3 is 0 Å². The summed E-state index contributed by atoms with van der Waals surface area (Å²) in [4.78, 5) is 4.47. The normalized spacial score (nSPS) is 10.0. The highest BCUT2D eigenvalue weighted by Crippen LogP contribution is 2.40. The molecule has 4 nitrogen and oxygen atoms in total. The number of rotatable bonds is 4. The molecule has 0 aliphatic carbocycles. The third-order valence-corrected chi connectivity index (χ3v) is 3.55. The standard InChI is InChI=1S/C17H18ClNO3/c1-5-6-7-8-12-16(21-3)11-9-10-13(20-2)14(18)15(11)19-17(12)22-4/h9-10H,5-6H2,1-4H3. The molecule has 0 spiro atoms. The van der Waals surface area contributed by atoms with Crippen molar-refractivity contribution in [3.05, 3.63) is 22.7 Å². The number of methoxy groups -OCH3 is 3. The summed E-state index contributed by atoms with van der Waals surface area (Å²) in [6, 6.07) is 3.64. The van der Waals surface area contributed by atoms with Gasteiger partial charge in [0.25, 0.3) is 0 Å². The van der Waals surface area contributed by atoms with Gasteiger partial charge < -0.3 is 14.2 Å². The second-order valence-electron chi connectivity index (χ2n) is 4.56. The third-order valence-electron chi connectivity index (χ3n) is 3.19. The van der Waals surface area contributed by atoms with Crippen LogP contribution >= 0.6 is 11.6 Å². The zero-order valence-electron chi connectivity index (χ0n) is 13.1. The molecule has 0 bridgehead atoms. The summed E-state index contributed by atoms with van der Waals surface area (Å²) in [7, 11) is 4.70. The molecule has 0 fully saturated rings. The Morgan fingerprint density at radius 2 is 1.91 bits per heavy atom. The van der Waals surface area contributed by atoms with Crippen LogP contribution in [0.3, 0.4) is 0 Å². The molecular formula is C17H18ClNO3. The Morgan fingerprint density at radius 1 is 1.14 bits per heavy atom. The number of nitrogens with zero attached hydrogens (tertiary/aromatic N) is 1. The second-order valence-corrected chi connectivity index (χ2v) is 4.94. The van der Waals surface area contributed by atoms with Crippen molar-refractivity contribution in [2.45, 2.75) is 19.8 Å². The Kier molecular flexibility index (Phi) is 5.35. The maximum atomic E-state index is 6.34. The molecule has 22 heavy (non-hydrogen) atoms. The molecule has 5 heteroatoms. The lowest BCUT2D eigenvalue weighted by molar-refractivity contribution is 0.384. The zero-order chi connectivity index (χ0) is 16.1. The van der Waals surface area contributed by atoms with E-state index in [1.54, 1.807) is 27.4 Å². The molecule has 0 saturated carbocycles. The lowest BCUT2D eigenvalue weighted by Gasteiger charge is -2.13. The van der Waals surface area contributed by atoms with Gasteiger partial charge in [0.15, 0.2) is 0 Å². The molecule has 0 N–H and O–H groups in total. The third kappa shape index (κ3) is 2.90. The topological polar surface area (TPSA) is 40.6 Å². The molecule has 0 aliphatic rings. The number of fused-ring (bicyclic) bond motifs is 1. The molecule has 1 aromatic heterocycles. The van der Waals surface area contributed by atoms with Crippen LogP contribution in [-0.2, 0) is 0 Å². The van der Waals surface area contributed by atoms with Crippen LogP contribution in [0.4, 0.5) is 0 Å². The summed E-state index contributed by atoms with van der Waals surface area (Å²) in [5.41, 5.74) is 1.20. The van der Waals surface area contributed by atoms with E-state index in [4.69, 9.17) is 25.8 Å². The van der Waals surface area contributed by atoms with Crippen LogP contribution in [0.25, 0.3) is 10.9 Å². The first-order chi connectivity index (χ1) is 10.7. The highest BCUT2D eigenvalue weighted by atomic mass is 35.5. The number of hydrogen-bond acceptors (Lipinski definition) is 4. The first-order valence-electron chi connectivity index (χ1n) is 6.94. The number of pyridine rings is 1. The van der Waals surface area contributed by atoms with E-state index in [1.807, 2.05) is 6.07 Å². The van der Waals surface area contributed by atoms with Gasteiger partial charge in [-0.05, 0) is 18.6 Å². The maximum absolute atomic E-state index is 6.34. The summed E-state index contributed by atoms with van der Waals surface area (Å²) in [5.74, 6) is 7.73. The molecule has 1 heterocycles. The molecule has 0 radical (unpaired) electrons. The van der Waals surface area contributed by atoms with Crippen LogP contribution in [0.15, 0.2) is 12.1 Å². The number of halogens is 1. The van der Waals surface area contributed by atoms with Crippen LogP contribution in [0.1, 0.15) is 25.3 Å². The minimum atomic E-state index is 0.392. The molecule has 0 atom stereocenters. The number of benzene rings is 1. The smallest absolute Gasteiger partial charge is 0.233 e. The molecule has 0 saturated heterocycles.